The van der Waals surface area contributed by atoms with Gasteiger partial charge in [0.25, 0.3) is 0 Å². The van der Waals surface area contributed by atoms with E-state index in [1.807, 2.05) is 24.0 Å². The molecule has 2 aromatic rings. The second-order valence-corrected chi connectivity index (χ2v) is 5.99. The Morgan fingerprint density at radius 3 is 2.76 bits per heavy atom. The van der Waals surface area contributed by atoms with Crippen LogP contribution in [-0.2, 0) is 7.05 Å². The first-order valence-corrected chi connectivity index (χ1v) is 7.93. The van der Waals surface area contributed by atoms with Gasteiger partial charge in [-0.25, -0.2) is 0 Å². The average Bonchev–Trinajstić information content (AvgIpc) is 2.80. The van der Waals surface area contributed by atoms with Gasteiger partial charge in [-0.05, 0) is 41.9 Å². The summed E-state index contributed by atoms with van der Waals surface area (Å²) in [4.78, 5) is 0. The average molecular weight is 352 g/mol. The zero-order chi connectivity index (χ0) is 15.4. The second kappa shape index (κ2) is 7.09. The number of hydrogen-bond acceptors (Lipinski definition) is 3. The fourth-order valence-corrected chi connectivity index (χ4v) is 3.04. The third-order valence-electron chi connectivity index (χ3n) is 3.51. The van der Waals surface area contributed by atoms with Gasteiger partial charge in [-0.1, -0.05) is 24.6 Å². The van der Waals surface area contributed by atoms with Crippen LogP contribution in [0.4, 0.5) is 0 Å². The van der Waals surface area contributed by atoms with Gasteiger partial charge in [-0.3, -0.25) is 4.68 Å². The summed E-state index contributed by atoms with van der Waals surface area (Å²) in [6.07, 6.45) is 2.90. The molecule has 2 rings (SSSR count). The van der Waals surface area contributed by atoms with Gasteiger partial charge in [0.2, 0.25) is 0 Å². The lowest BCUT2D eigenvalue weighted by molar-refractivity contribution is 0.402. The Hall–Kier alpha value is -1.33. The minimum atomic E-state index is 0.0432. The van der Waals surface area contributed by atoms with Crippen LogP contribution >= 0.6 is 15.9 Å². The predicted octanol–water partition coefficient (Wildman–Crippen LogP) is 3.59. The highest BCUT2D eigenvalue weighted by atomic mass is 79.9. The van der Waals surface area contributed by atoms with Gasteiger partial charge in [0, 0.05) is 12.6 Å². The summed E-state index contributed by atoms with van der Waals surface area (Å²) in [5, 5.41) is 7.94. The summed E-state index contributed by atoms with van der Waals surface area (Å²) >= 11 is 3.61. The van der Waals surface area contributed by atoms with Crippen LogP contribution in [0.5, 0.6) is 5.75 Å². The van der Waals surface area contributed by atoms with Gasteiger partial charge in [0.1, 0.15) is 5.75 Å². The first-order valence-electron chi connectivity index (χ1n) is 7.13. The number of benzene rings is 1. The Labute approximate surface area is 134 Å². The minimum absolute atomic E-state index is 0.0432. The van der Waals surface area contributed by atoms with Crippen molar-refractivity contribution in [3.8, 4) is 5.75 Å². The van der Waals surface area contributed by atoms with Gasteiger partial charge in [-0.2, -0.15) is 5.10 Å². The smallest absolute Gasteiger partial charge is 0.124 e. The van der Waals surface area contributed by atoms with Crippen molar-refractivity contribution in [1.82, 2.24) is 15.1 Å². The first-order chi connectivity index (χ1) is 10.1. The number of nitrogens with one attached hydrogen (secondary N) is 1. The molecule has 1 N–H and O–H groups in total. The molecule has 0 spiro atoms. The summed E-state index contributed by atoms with van der Waals surface area (Å²) in [5.74, 6) is 0.891. The third-order valence-corrected chi connectivity index (χ3v) is 4.12. The van der Waals surface area contributed by atoms with E-state index in [1.165, 1.54) is 5.56 Å². The van der Waals surface area contributed by atoms with E-state index in [0.717, 1.165) is 34.4 Å². The van der Waals surface area contributed by atoms with E-state index in [9.17, 15) is 0 Å². The molecule has 0 aliphatic rings. The first kappa shape index (κ1) is 16.0. The summed E-state index contributed by atoms with van der Waals surface area (Å²) in [6, 6.07) is 6.31. The van der Waals surface area contributed by atoms with E-state index in [1.54, 1.807) is 7.11 Å². The Morgan fingerprint density at radius 2 is 2.19 bits per heavy atom. The Balaban J connectivity index is 2.53. The lowest BCUT2D eigenvalue weighted by atomic mass is 10.00. The van der Waals surface area contributed by atoms with Gasteiger partial charge in [0.15, 0.2) is 0 Å². The maximum absolute atomic E-state index is 5.55. The molecule has 4 nitrogen and oxygen atoms in total. The van der Waals surface area contributed by atoms with Gasteiger partial charge in [-0.15, -0.1) is 0 Å². The highest BCUT2D eigenvalue weighted by Gasteiger charge is 2.23. The molecule has 0 fully saturated rings. The highest BCUT2D eigenvalue weighted by molar-refractivity contribution is 9.10. The summed E-state index contributed by atoms with van der Waals surface area (Å²) in [5.41, 5.74) is 3.45. The SMILES string of the molecule is CCCNC(c1cc(C)ccc1OC)c1c(Br)cnn1C. The van der Waals surface area contributed by atoms with Crippen LogP contribution < -0.4 is 10.1 Å². The second-order valence-electron chi connectivity index (χ2n) is 5.13. The molecular weight excluding hydrogens is 330 g/mol. The molecule has 0 radical (unpaired) electrons. The number of nitrogens with zero attached hydrogens (tertiary/aromatic N) is 2. The van der Waals surface area contributed by atoms with Crippen molar-refractivity contribution in [2.75, 3.05) is 13.7 Å². The molecule has 1 aromatic heterocycles. The van der Waals surface area contributed by atoms with E-state index in [-0.39, 0.29) is 6.04 Å². The lowest BCUT2D eigenvalue weighted by Crippen LogP contribution is -2.26. The highest BCUT2D eigenvalue weighted by Crippen LogP contribution is 2.34. The molecule has 114 valence electrons. The zero-order valence-electron chi connectivity index (χ0n) is 13.0. The standard InChI is InChI=1S/C16H22BrN3O/c1-5-8-18-15(16-13(17)10-19-20(16)3)12-9-11(2)6-7-14(12)21-4/h6-7,9-10,15,18H,5,8H2,1-4H3. The molecule has 0 bridgehead atoms. The van der Waals surface area contributed by atoms with Crippen LogP contribution in [0.2, 0.25) is 0 Å². The van der Waals surface area contributed by atoms with Crippen LogP contribution in [0.15, 0.2) is 28.9 Å². The van der Waals surface area contributed by atoms with E-state index in [4.69, 9.17) is 4.74 Å². The Morgan fingerprint density at radius 1 is 1.43 bits per heavy atom. The topological polar surface area (TPSA) is 39.1 Å². The van der Waals surface area contributed by atoms with Crippen LogP contribution in [0, 0.1) is 6.92 Å². The van der Waals surface area contributed by atoms with Crippen molar-refractivity contribution in [2.45, 2.75) is 26.3 Å². The maximum Gasteiger partial charge on any atom is 0.124 e. The van der Waals surface area contributed by atoms with Crippen molar-refractivity contribution < 1.29 is 4.74 Å². The van der Waals surface area contributed by atoms with E-state index >= 15 is 0 Å². The van der Waals surface area contributed by atoms with Crippen LogP contribution in [0.25, 0.3) is 0 Å². The summed E-state index contributed by atoms with van der Waals surface area (Å²) < 4.78 is 8.46. The fourth-order valence-electron chi connectivity index (χ4n) is 2.47. The van der Waals surface area contributed by atoms with Gasteiger partial charge >= 0.3 is 0 Å². The molecule has 0 saturated heterocycles. The van der Waals surface area contributed by atoms with Crippen LogP contribution in [-0.4, -0.2) is 23.4 Å². The number of aryl methyl sites for hydroxylation is 2. The molecular formula is C16H22BrN3O. The Bertz CT molecular complexity index is 590. The predicted molar refractivity (Wildman–Crippen MR) is 88.8 cm³/mol. The summed E-state index contributed by atoms with van der Waals surface area (Å²) in [6.45, 7) is 5.19. The number of hydrogen-bond donors (Lipinski definition) is 1. The largest absolute Gasteiger partial charge is 0.496 e. The van der Waals surface area contributed by atoms with E-state index in [0.29, 0.717) is 0 Å². The fraction of sp³-hybridized carbons (Fsp3) is 0.438. The molecule has 21 heavy (non-hydrogen) atoms. The summed E-state index contributed by atoms with van der Waals surface area (Å²) in [7, 11) is 3.67. The minimum Gasteiger partial charge on any atom is -0.496 e. The van der Waals surface area contributed by atoms with Crippen molar-refractivity contribution in [3.63, 3.8) is 0 Å². The van der Waals surface area contributed by atoms with Gasteiger partial charge < -0.3 is 10.1 Å². The van der Waals surface area contributed by atoms with Crippen LogP contribution in [0.3, 0.4) is 0 Å². The molecule has 5 heteroatoms. The number of methoxy groups -OCH3 is 1. The van der Waals surface area contributed by atoms with Crippen molar-refractivity contribution >= 4 is 15.9 Å². The molecule has 1 heterocycles. The van der Waals surface area contributed by atoms with Crippen molar-refractivity contribution in [1.29, 1.82) is 0 Å². The Kier molecular flexibility index (Phi) is 5.42. The van der Waals surface area contributed by atoms with E-state index in [2.05, 4.69) is 52.3 Å². The molecule has 1 atom stereocenters. The number of ether oxygens (including phenoxy) is 1. The van der Waals surface area contributed by atoms with Crippen molar-refractivity contribution in [3.05, 3.63) is 45.7 Å². The molecule has 0 aliphatic carbocycles. The normalized spacial score (nSPS) is 12.4. The zero-order valence-corrected chi connectivity index (χ0v) is 14.6. The molecule has 1 aromatic carbocycles. The molecule has 0 amide bonds. The molecule has 0 aliphatic heterocycles. The lowest BCUT2D eigenvalue weighted by Gasteiger charge is -2.22. The molecule has 1 unspecified atom stereocenters. The van der Waals surface area contributed by atoms with Gasteiger partial charge in [0.05, 0.1) is 29.5 Å². The van der Waals surface area contributed by atoms with Crippen molar-refractivity contribution in [2.24, 2.45) is 7.05 Å². The number of rotatable bonds is 6. The quantitative estimate of drug-likeness (QED) is 0.864. The maximum atomic E-state index is 5.55. The number of aromatic nitrogens is 2. The monoisotopic (exact) mass is 351 g/mol. The van der Waals surface area contributed by atoms with Crippen LogP contribution in [0.1, 0.15) is 36.2 Å². The third kappa shape index (κ3) is 3.47. The number of halogens is 1. The molecule has 0 saturated carbocycles. The van der Waals surface area contributed by atoms with E-state index < -0.39 is 0 Å².